The Morgan fingerprint density at radius 3 is 2.95 bits per heavy atom. The van der Waals surface area contributed by atoms with Gasteiger partial charge in [-0.05, 0) is 23.4 Å². The Labute approximate surface area is 129 Å². The number of carbonyl (C=O) groups excluding carboxylic acids is 1. The first-order valence-corrected chi connectivity index (χ1v) is 8.22. The highest BCUT2D eigenvalue weighted by molar-refractivity contribution is 7.21. The summed E-state index contributed by atoms with van der Waals surface area (Å²) in [7, 11) is 0. The van der Waals surface area contributed by atoms with Gasteiger partial charge in [-0.1, -0.05) is 6.92 Å². The molecule has 0 atom stereocenters. The van der Waals surface area contributed by atoms with Crippen molar-refractivity contribution in [3.63, 3.8) is 0 Å². The lowest BCUT2D eigenvalue weighted by atomic mass is 10.2. The van der Waals surface area contributed by atoms with E-state index >= 15 is 0 Å². The number of nitrogens with one attached hydrogen (secondary N) is 1. The Balaban J connectivity index is 1.80. The second kappa shape index (κ2) is 5.79. The van der Waals surface area contributed by atoms with Crippen molar-refractivity contribution < 1.29 is 4.79 Å². The van der Waals surface area contributed by atoms with E-state index in [1.807, 2.05) is 5.38 Å². The molecule has 0 aromatic carbocycles. The van der Waals surface area contributed by atoms with Crippen molar-refractivity contribution in [3.8, 4) is 0 Å². The highest BCUT2D eigenvalue weighted by atomic mass is 32.1. The van der Waals surface area contributed by atoms with Crippen LogP contribution in [0.1, 0.15) is 27.0 Å². The Morgan fingerprint density at radius 1 is 1.38 bits per heavy atom. The first-order valence-electron chi connectivity index (χ1n) is 6.53. The van der Waals surface area contributed by atoms with Gasteiger partial charge in [0.15, 0.2) is 0 Å². The van der Waals surface area contributed by atoms with Gasteiger partial charge in [0.1, 0.15) is 15.2 Å². The van der Waals surface area contributed by atoms with Gasteiger partial charge in [-0.3, -0.25) is 4.79 Å². The number of aromatic nitrogens is 2. The van der Waals surface area contributed by atoms with Crippen LogP contribution in [0.25, 0.3) is 10.3 Å². The van der Waals surface area contributed by atoms with E-state index in [1.54, 1.807) is 23.7 Å². The molecule has 5 nitrogen and oxygen atoms in total. The molecule has 0 bridgehead atoms. The van der Waals surface area contributed by atoms with E-state index in [-0.39, 0.29) is 5.91 Å². The summed E-state index contributed by atoms with van der Waals surface area (Å²) >= 11 is 2.93. The third kappa shape index (κ3) is 2.62. The van der Waals surface area contributed by atoms with Gasteiger partial charge in [0.2, 0.25) is 0 Å². The fourth-order valence-corrected chi connectivity index (χ4v) is 3.94. The Kier molecular flexibility index (Phi) is 3.85. The highest BCUT2D eigenvalue weighted by Crippen LogP contribution is 2.30. The first-order chi connectivity index (χ1) is 10.2. The maximum Gasteiger partial charge on any atom is 0.263 e. The molecule has 0 saturated heterocycles. The molecule has 21 heavy (non-hydrogen) atoms. The summed E-state index contributed by atoms with van der Waals surface area (Å²) in [5.41, 5.74) is 8.27. The van der Waals surface area contributed by atoms with Crippen LogP contribution in [0.3, 0.4) is 0 Å². The maximum atomic E-state index is 12.3. The SMILES string of the molecule is CCc1ccsc1CNC(=O)c1sc2nccnc2c1N. The number of aryl methyl sites for hydroxylation is 1. The molecule has 0 spiro atoms. The number of nitrogens with zero attached hydrogens (tertiary/aromatic N) is 2. The highest BCUT2D eigenvalue weighted by Gasteiger charge is 2.18. The lowest BCUT2D eigenvalue weighted by Crippen LogP contribution is -2.22. The van der Waals surface area contributed by atoms with Crippen molar-refractivity contribution in [2.24, 2.45) is 0 Å². The first kappa shape index (κ1) is 14.0. The van der Waals surface area contributed by atoms with Gasteiger partial charge in [-0.15, -0.1) is 22.7 Å². The van der Waals surface area contributed by atoms with Crippen molar-refractivity contribution in [1.82, 2.24) is 15.3 Å². The zero-order chi connectivity index (χ0) is 14.8. The number of carbonyl (C=O) groups is 1. The van der Waals surface area contributed by atoms with Crippen LogP contribution < -0.4 is 11.1 Å². The minimum atomic E-state index is -0.173. The third-order valence-electron chi connectivity index (χ3n) is 3.20. The maximum absolute atomic E-state index is 12.3. The smallest absolute Gasteiger partial charge is 0.263 e. The number of amides is 1. The number of hydrogen-bond acceptors (Lipinski definition) is 6. The molecule has 0 radical (unpaired) electrons. The molecule has 3 aromatic rings. The van der Waals surface area contributed by atoms with Gasteiger partial charge >= 0.3 is 0 Å². The average molecular weight is 318 g/mol. The quantitative estimate of drug-likeness (QED) is 0.775. The van der Waals surface area contributed by atoms with E-state index in [4.69, 9.17) is 5.73 Å². The lowest BCUT2D eigenvalue weighted by Gasteiger charge is -2.04. The van der Waals surface area contributed by atoms with Crippen molar-refractivity contribution in [3.05, 3.63) is 39.2 Å². The van der Waals surface area contributed by atoms with Crippen LogP contribution in [0.5, 0.6) is 0 Å². The Bertz CT molecular complexity index is 793. The normalized spacial score (nSPS) is 10.9. The number of rotatable bonds is 4. The molecule has 3 heterocycles. The Morgan fingerprint density at radius 2 is 2.19 bits per heavy atom. The van der Waals surface area contributed by atoms with Crippen molar-refractivity contribution in [2.45, 2.75) is 19.9 Å². The molecule has 3 rings (SSSR count). The van der Waals surface area contributed by atoms with Crippen LogP contribution in [-0.2, 0) is 13.0 Å². The van der Waals surface area contributed by atoms with Gasteiger partial charge in [0.25, 0.3) is 5.91 Å². The van der Waals surface area contributed by atoms with E-state index in [9.17, 15) is 4.79 Å². The fourth-order valence-electron chi connectivity index (χ4n) is 2.09. The number of anilines is 1. The minimum absolute atomic E-state index is 0.173. The van der Waals surface area contributed by atoms with Gasteiger partial charge in [-0.25, -0.2) is 9.97 Å². The minimum Gasteiger partial charge on any atom is -0.396 e. The second-order valence-electron chi connectivity index (χ2n) is 4.46. The van der Waals surface area contributed by atoms with Crippen molar-refractivity contribution in [2.75, 3.05) is 5.73 Å². The molecule has 3 N–H and O–H groups in total. The lowest BCUT2D eigenvalue weighted by molar-refractivity contribution is 0.0956. The molecule has 1 amide bonds. The summed E-state index contributed by atoms with van der Waals surface area (Å²) in [6.45, 7) is 2.63. The van der Waals surface area contributed by atoms with E-state index in [1.165, 1.54) is 21.8 Å². The molecular formula is C14H14N4OS2. The summed E-state index contributed by atoms with van der Waals surface area (Å²) in [6, 6.07) is 2.09. The number of thiophene rings is 2. The van der Waals surface area contributed by atoms with Crippen LogP contribution in [0.4, 0.5) is 5.69 Å². The number of fused-ring (bicyclic) bond motifs is 1. The fraction of sp³-hybridized carbons (Fsp3) is 0.214. The predicted molar refractivity (Wildman–Crippen MR) is 86.7 cm³/mol. The summed E-state index contributed by atoms with van der Waals surface area (Å²) < 4.78 is 0. The van der Waals surface area contributed by atoms with Crippen molar-refractivity contribution in [1.29, 1.82) is 0 Å². The van der Waals surface area contributed by atoms with Crippen LogP contribution in [0.2, 0.25) is 0 Å². The number of nitrogen functional groups attached to an aromatic ring is 1. The van der Waals surface area contributed by atoms with Gasteiger partial charge in [0, 0.05) is 17.3 Å². The zero-order valence-corrected chi connectivity index (χ0v) is 13.1. The van der Waals surface area contributed by atoms with E-state index in [0.717, 1.165) is 6.42 Å². The van der Waals surface area contributed by atoms with Crippen LogP contribution >= 0.6 is 22.7 Å². The molecule has 3 aromatic heterocycles. The molecule has 7 heteroatoms. The van der Waals surface area contributed by atoms with Crippen molar-refractivity contribution >= 4 is 44.6 Å². The van der Waals surface area contributed by atoms with Gasteiger partial charge in [0.05, 0.1) is 12.2 Å². The second-order valence-corrected chi connectivity index (χ2v) is 6.46. The number of hydrogen-bond donors (Lipinski definition) is 2. The van der Waals surface area contributed by atoms with E-state index in [0.29, 0.717) is 27.5 Å². The van der Waals surface area contributed by atoms with Crippen LogP contribution in [0, 0.1) is 0 Å². The number of nitrogens with two attached hydrogens (primary N) is 1. The average Bonchev–Trinajstić information content (AvgIpc) is 3.09. The summed E-state index contributed by atoms with van der Waals surface area (Å²) in [5.74, 6) is -0.173. The predicted octanol–water partition coefficient (Wildman–Crippen LogP) is 2.83. The van der Waals surface area contributed by atoms with Gasteiger partial charge < -0.3 is 11.1 Å². The molecule has 0 saturated carbocycles. The monoisotopic (exact) mass is 318 g/mol. The van der Waals surface area contributed by atoms with E-state index in [2.05, 4.69) is 28.3 Å². The largest absolute Gasteiger partial charge is 0.396 e. The van der Waals surface area contributed by atoms with Gasteiger partial charge in [-0.2, -0.15) is 0 Å². The van der Waals surface area contributed by atoms with Crippen LogP contribution in [0.15, 0.2) is 23.8 Å². The standard InChI is InChI=1S/C14H14N4OS2/c1-2-8-3-6-20-9(8)7-18-13(19)12-10(15)11-14(21-12)17-5-4-16-11/h3-6H,2,7,15H2,1H3,(H,18,19). The summed E-state index contributed by atoms with van der Waals surface area (Å²) in [6.07, 6.45) is 4.14. The molecule has 0 aliphatic carbocycles. The van der Waals surface area contributed by atoms with E-state index < -0.39 is 0 Å². The summed E-state index contributed by atoms with van der Waals surface area (Å²) in [4.78, 5) is 23.0. The molecule has 0 aliphatic heterocycles. The molecule has 0 unspecified atom stereocenters. The molecule has 0 aliphatic rings. The third-order valence-corrected chi connectivity index (χ3v) is 5.26. The molecule has 0 fully saturated rings. The Hall–Kier alpha value is -1.99. The molecule has 108 valence electrons. The van der Waals surface area contributed by atoms with Crippen LogP contribution in [-0.4, -0.2) is 15.9 Å². The zero-order valence-electron chi connectivity index (χ0n) is 11.4. The topological polar surface area (TPSA) is 80.9 Å². The summed E-state index contributed by atoms with van der Waals surface area (Å²) in [5, 5.41) is 4.97. The molecular weight excluding hydrogens is 304 g/mol.